The van der Waals surface area contributed by atoms with Gasteiger partial charge in [-0.15, -0.1) is 0 Å². The summed E-state index contributed by atoms with van der Waals surface area (Å²) >= 11 is 0. The quantitative estimate of drug-likeness (QED) is 0.824. The van der Waals surface area contributed by atoms with Crippen LogP contribution in [0, 0.1) is 17.3 Å². The van der Waals surface area contributed by atoms with Crippen molar-refractivity contribution in [3.8, 4) is 0 Å². The summed E-state index contributed by atoms with van der Waals surface area (Å²) in [7, 11) is 0. The number of urea groups is 1. The number of aliphatic hydroxyl groups is 1. The molecular formula is C15H30N2O2. The summed E-state index contributed by atoms with van der Waals surface area (Å²) in [5, 5.41) is 12.8. The first-order valence-electron chi connectivity index (χ1n) is 7.42. The fourth-order valence-corrected chi connectivity index (χ4v) is 2.84. The monoisotopic (exact) mass is 270 g/mol. The molecule has 4 heteroatoms. The van der Waals surface area contributed by atoms with Gasteiger partial charge in [0.15, 0.2) is 0 Å². The van der Waals surface area contributed by atoms with Crippen LogP contribution >= 0.6 is 0 Å². The highest BCUT2D eigenvalue weighted by Crippen LogP contribution is 2.24. The van der Waals surface area contributed by atoms with E-state index in [-0.39, 0.29) is 17.6 Å². The molecule has 0 aromatic carbocycles. The van der Waals surface area contributed by atoms with E-state index in [0.29, 0.717) is 24.9 Å². The second-order valence-corrected chi connectivity index (χ2v) is 7.20. The number of amides is 2. The van der Waals surface area contributed by atoms with Crippen molar-refractivity contribution in [1.29, 1.82) is 0 Å². The summed E-state index contributed by atoms with van der Waals surface area (Å²) in [5.74, 6) is 0.922. The SMILES string of the molecule is CC(C)CC(C)(C)CNC(=O)N1CCC(C)C(O)C1. The Morgan fingerprint density at radius 3 is 2.63 bits per heavy atom. The highest BCUT2D eigenvalue weighted by Gasteiger charge is 2.28. The van der Waals surface area contributed by atoms with Crippen molar-refractivity contribution in [2.24, 2.45) is 17.3 Å². The molecule has 4 nitrogen and oxygen atoms in total. The van der Waals surface area contributed by atoms with E-state index in [1.165, 1.54) is 0 Å². The van der Waals surface area contributed by atoms with Gasteiger partial charge in [-0.25, -0.2) is 4.79 Å². The minimum Gasteiger partial charge on any atom is -0.391 e. The van der Waals surface area contributed by atoms with Crippen molar-refractivity contribution in [2.75, 3.05) is 19.6 Å². The molecule has 1 saturated heterocycles. The van der Waals surface area contributed by atoms with Crippen molar-refractivity contribution in [1.82, 2.24) is 10.2 Å². The maximum absolute atomic E-state index is 12.1. The first-order valence-corrected chi connectivity index (χ1v) is 7.42. The van der Waals surface area contributed by atoms with Gasteiger partial charge in [-0.05, 0) is 30.1 Å². The lowest BCUT2D eigenvalue weighted by molar-refractivity contribution is 0.0430. The summed E-state index contributed by atoms with van der Waals surface area (Å²) in [6.45, 7) is 12.7. The Morgan fingerprint density at radius 2 is 2.11 bits per heavy atom. The lowest BCUT2D eigenvalue weighted by Crippen LogP contribution is -2.51. The van der Waals surface area contributed by atoms with Crippen LogP contribution in [0.1, 0.15) is 47.5 Å². The standard InChI is InChI=1S/C15H30N2O2/c1-11(2)8-15(4,5)10-16-14(19)17-7-6-12(3)13(18)9-17/h11-13,18H,6-10H2,1-5H3,(H,16,19). The summed E-state index contributed by atoms with van der Waals surface area (Å²) in [5.41, 5.74) is 0.117. The van der Waals surface area contributed by atoms with Gasteiger partial charge in [0.05, 0.1) is 6.10 Å². The largest absolute Gasteiger partial charge is 0.391 e. The summed E-state index contributed by atoms with van der Waals surface area (Å²) in [6, 6.07) is -0.0391. The molecule has 0 aliphatic carbocycles. The van der Waals surface area contributed by atoms with Crippen molar-refractivity contribution in [2.45, 2.75) is 53.6 Å². The van der Waals surface area contributed by atoms with Crippen LogP contribution in [0.25, 0.3) is 0 Å². The number of β-amino-alcohol motifs (C(OH)–C–C–N with tert-alkyl or cyclic N) is 1. The maximum Gasteiger partial charge on any atom is 0.317 e. The molecule has 1 aliphatic heterocycles. The van der Waals surface area contributed by atoms with E-state index in [9.17, 15) is 9.90 Å². The third-order valence-corrected chi connectivity index (χ3v) is 3.88. The van der Waals surface area contributed by atoms with E-state index in [1.54, 1.807) is 4.90 Å². The third-order valence-electron chi connectivity index (χ3n) is 3.88. The van der Waals surface area contributed by atoms with Crippen molar-refractivity contribution >= 4 is 6.03 Å². The van der Waals surface area contributed by atoms with Crippen LogP contribution in [0.4, 0.5) is 4.79 Å². The van der Waals surface area contributed by atoms with Gasteiger partial charge < -0.3 is 15.3 Å². The van der Waals surface area contributed by atoms with E-state index < -0.39 is 0 Å². The number of piperidine rings is 1. The number of carbonyl (C=O) groups is 1. The lowest BCUT2D eigenvalue weighted by atomic mass is 9.84. The summed E-state index contributed by atoms with van der Waals surface area (Å²) in [6.07, 6.45) is 1.58. The smallest absolute Gasteiger partial charge is 0.317 e. The molecule has 19 heavy (non-hydrogen) atoms. The van der Waals surface area contributed by atoms with Gasteiger partial charge in [-0.1, -0.05) is 34.6 Å². The Kier molecular flexibility index (Phi) is 5.65. The molecule has 0 spiro atoms. The fraction of sp³-hybridized carbons (Fsp3) is 0.933. The Balaban J connectivity index is 2.39. The molecule has 0 aromatic rings. The minimum atomic E-state index is -0.386. The maximum atomic E-state index is 12.1. The molecule has 2 N–H and O–H groups in total. The Morgan fingerprint density at radius 1 is 1.47 bits per heavy atom. The molecule has 0 saturated carbocycles. The first-order chi connectivity index (χ1) is 8.71. The molecule has 0 aromatic heterocycles. The average Bonchev–Trinajstić information content (AvgIpc) is 2.28. The van der Waals surface area contributed by atoms with Gasteiger partial charge in [0.2, 0.25) is 0 Å². The molecule has 1 fully saturated rings. The Labute approximate surface area is 117 Å². The molecule has 2 atom stereocenters. The fourth-order valence-electron chi connectivity index (χ4n) is 2.84. The molecule has 112 valence electrons. The average molecular weight is 270 g/mol. The van der Waals surface area contributed by atoms with Gasteiger partial charge in [0.25, 0.3) is 0 Å². The third kappa shape index (κ3) is 5.39. The van der Waals surface area contributed by atoms with Crippen molar-refractivity contribution in [3.05, 3.63) is 0 Å². The zero-order valence-corrected chi connectivity index (χ0v) is 13.1. The van der Waals surface area contributed by atoms with E-state index in [2.05, 4.69) is 33.0 Å². The van der Waals surface area contributed by atoms with Crippen LogP contribution in [0.3, 0.4) is 0 Å². The van der Waals surface area contributed by atoms with Gasteiger partial charge >= 0.3 is 6.03 Å². The van der Waals surface area contributed by atoms with Gasteiger partial charge in [-0.3, -0.25) is 0 Å². The predicted molar refractivity (Wildman–Crippen MR) is 78.0 cm³/mol. The van der Waals surface area contributed by atoms with Crippen LogP contribution in [0.15, 0.2) is 0 Å². The Bertz CT molecular complexity index is 303. The Hall–Kier alpha value is -0.770. The summed E-state index contributed by atoms with van der Waals surface area (Å²) in [4.78, 5) is 13.8. The van der Waals surface area contributed by atoms with E-state index in [1.807, 2.05) is 6.92 Å². The topological polar surface area (TPSA) is 52.6 Å². The molecule has 0 radical (unpaired) electrons. The van der Waals surface area contributed by atoms with Crippen molar-refractivity contribution < 1.29 is 9.90 Å². The molecule has 1 heterocycles. The predicted octanol–water partition coefficient (Wildman–Crippen LogP) is 2.47. The normalized spacial score (nSPS) is 24.7. The van der Waals surface area contributed by atoms with Gasteiger partial charge in [0.1, 0.15) is 0 Å². The van der Waals surface area contributed by atoms with Crippen LogP contribution in [-0.2, 0) is 0 Å². The number of carbonyl (C=O) groups excluding carboxylic acids is 1. The molecular weight excluding hydrogens is 240 g/mol. The number of nitrogens with zero attached hydrogens (tertiary/aromatic N) is 1. The van der Waals surface area contributed by atoms with Crippen molar-refractivity contribution in [3.63, 3.8) is 0 Å². The second kappa shape index (κ2) is 6.60. The van der Waals surface area contributed by atoms with Crippen LogP contribution in [0.5, 0.6) is 0 Å². The number of hydrogen-bond donors (Lipinski definition) is 2. The van der Waals surface area contributed by atoms with E-state index in [0.717, 1.165) is 19.4 Å². The summed E-state index contributed by atoms with van der Waals surface area (Å²) < 4.78 is 0. The van der Waals surface area contributed by atoms with Crippen LogP contribution < -0.4 is 5.32 Å². The van der Waals surface area contributed by atoms with Gasteiger partial charge in [0, 0.05) is 19.6 Å². The molecule has 2 unspecified atom stereocenters. The number of aliphatic hydroxyl groups excluding tert-OH is 1. The van der Waals surface area contributed by atoms with Crippen LogP contribution in [0.2, 0.25) is 0 Å². The van der Waals surface area contributed by atoms with E-state index >= 15 is 0 Å². The highest BCUT2D eigenvalue weighted by atomic mass is 16.3. The minimum absolute atomic E-state index is 0.0391. The first kappa shape index (κ1) is 16.3. The zero-order chi connectivity index (χ0) is 14.6. The van der Waals surface area contributed by atoms with Gasteiger partial charge in [-0.2, -0.15) is 0 Å². The van der Waals surface area contributed by atoms with Crippen LogP contribution in [-0.4, -0.2) is 41.8 Å². The molecule has 1 aliphatic rings. The number of rotatable bonds is 4. The number of likely N-dealkylation sites (tertiary alicyclic amines) is 1. The molecule has 0 bridgehead atoms. The molecule has 1 rings (SSSR count). The highest BCUT2D eigenvalue weighted by molar-refractivity contribution is 5.74. The number of nitrogens with one attached hydrogen (secondary N) is 1. The number of hydrogen-bond acceptors (Lipinski definition) is 2. The lowest BCUT2D eigenvalue weighted by Gasteiger charge is -2.35. The second-order valence-electron chi connectivity index (χ2n) is 7.20. The zero-order valence-electron chi connectivity index (χ0n) is 13.1. The van der Waals surface area contributed by atoms with E-state index in [4.69, 9.17) is 0 Å². The molecule has 2 amide bonds.